The molecule has 3 N–H and O–H groups in total. The normalized spacial score (nSPS) is 11.8. The lowest BCUT2D eigenvalue weighted by Crippen LogP contribution is -2.04. The van der Waals surface area contributed by atoms with Crippen LogP contribution in [0, 0.1) is 17.2 Å². The van der Waals surface area contributed by atoms with Crippen molar-refractivity contribution < 1.29 is 9.90 Å². The number of nitrogens with two attached hydrogens (primary N) is 1. The fourth-order valence-corrected chi connectivity index (χ4v) is 2.05. The number of nitrogens with zero attached hydrogens (tertiary/aromatic N) is 1. The number of hydrogen-bond acceptors (Lipinski definition) is 4. The van der Waals surface area contributed by atoms with Gasteiger partial charge in [0.05, 0.1) is 23.2 Å². The quantitative estimate of drug-likeness (QED) is 0.618. The molecule has 84 valence electrons. The fourth-order valence-electron chi connectivity index (χ4n) is 1.11. The smallest absolute Gasteiger partial charge is 0.337 e. The second kappa shape index (κ2) is 5.42. The van der Waals surface area contributed by atoms with Gasteiger partial charge >= 0.3 is 5.97 Å². The Morgan fingerprint density at radius 2 is 2.38 bits per heavy atom. The molecule has 0 aliphatic rings. The van der Waals surface area contributed by atoms with E-state index in [0.29, 0.717) is 10.6 Å². The van der Waals surface area contributed by atoms with E-state index in [0.717, 1.165) is 0 Å². The third-order valence-electron chi connectivity index (χ3n) is 2.01. The van der Waals surface area contributed by atoms with Gasteiger partial charge in [-0.05, 0) is 19.1 Å². The van der Waals surface area contributed by atoms with Gasteiger partial charge in [-0.2, -0.15) is 5.26 Å². The van der Waals surface area contributed by atoms with Crippen LogP contribution in [0.3, 0.4) is 0 Å². The van der Waals surface area contributed by atoms with Crippen LogP contribution in [-0.4, -0.2) is 16.8 Å². The number of carboxylic acids is 1. The molecule has 0 radical (unpaired) electrons. The van der Waals surface area contributed by atoms with Crippen LogP contribution in [0.15, 0.2) is 23.1 Å². The van der Waals surface area contributed by atoms with Crippen molar-refractivity contribution in [3.8, 4) is 6.07 Å². The molecule has 1 rings (SSSR count). The van der Waals surface area contributed by atoms with Crippen LogP contribution in [-0.2, 0) is 0 Å². The van der Waals surface area contributed by atoms with E-state index in [1.807, 2.05) is 6.92 Å². The lowest BCUT2D eigenvalue weighted by Gasteiger charge is -2.08. The van der Waals surface area contributed by atoms with Gasteiger partial charge in [-0.3, -0.25) is 0 Å². The maximum atomic E-state index is 10.8. The van der Waals surface area contributed by atoms with Crippen molar-refractivity contribution in [3.63, 3.8) is 0 Å². The predicted octanol–water partition coefficient (Wildman–Crippen LogP) is 2.22. The highest BCUT2D eigenvalue weighted by Gasteiger charge is 2.11. The Kier molecular flexibility index (Phi) is 4.20. The SMILES string of the molecule is CC(C#N)CSc1cccc(C(=O)O)c1N. The Morgan fingerprint density at radius 1 is 1.69 bits per heavy atom. The predicted molar refractivity (Wildman–Crippen MR) is 63.3 cm³/mol. The lowest BCUT2D eigenvalue weighted by molar-refractivity contribution is 0.0698. The first kappa shape index (κ1) is 12.4. The summed E-state index contributed by atoms with van der Waals surface area (Å²) in [7, 11) is 0. The number of carboxylic acid groups (broad SMARTS) is 1. The summed E-state index contributed by atoms with van der Waals surface area (Å²) in [4.78, 5) is 11.5. The van der Waals surface area contributed by atoms with Gasteiger partial charge in [-0.1, -0.05) is 6.07 Å². The molecule has 1 aromatic rings. The summed E-state index contributed by atoms with van der Waals surface area (Å²) in [6.45, 7) is 1.81. The molecule has 0 aliphatic heterocycles. The topological polar surface area (TPSA) is 87.1 Å². The molecule has 0 aromatic heterocycles. The van der Waals surface area contributed by atoms with Crippen LogP contribution in [0.4, 0.5) is 5.69 Å². The number of carbonyl (C=O) groups is 1. The van der Waals surface area contributed by atoms with Gasteiger partial charge < -0.3 is 10.8 Å². The standard InChI is InChI=1S/C11H12N2O2S/c1-7(5-12)6-16-9-4-2-3-8(10(9)13)11(14)15/h2-4,7H,6,13H2,1H3,(H,14,15). The maximum absolute atomic E-state index is 10.8. The zero-order valence-corrected chi connectivity index (χ0v) is 9.62. The molecule has 0 fully saturated rings. The minimum Gasteiger partial charge on any atom is -0.478 e. The summed E-state index contributed by atoms with van der Waals surface area (Å²) in [5, 5.41) is 17.5. The minimum atomic E-state index is -1.03. The number of nitrogen functional groups attached to an aromatic ring is 1. The first-order valence-corrected chi connectivity index (χ1v) is 5.69. The van der Waals surface area contributed by atoms with Crippen molar-refractivity contribution in [2.75, 3.05) is 11.5 Å². The molecular formula is C11H12N2O2S. The Labute approximate surface area is 98.1 Å². The number of anilines is 1. The summed E-state index contributed by atoms with van der Waals surface area (Å²) in [5.74, 6) is -0.518. The molecule has 0 saturated heterocycles. The third kappa shape index (κ3) is 2.91. The molecule has 0 amide bonds. The summed E-state index contributed by atoms with van der Waals surface area (Å²) in [6, 6.07) is 6.99. The number of thioether (sulfide) groups is 1. The molecule has 1 aromatic carbocycles. The average Bonchev–Trinajstić information content (AvgIpc) is 2.26. The first-order chi connectivity index (χ1) is 7.56. The van der Waals surface area contributed by atoms with Crippen molar-refractivity contribution in [1.29, 1.82) is 5.26 Å². The largest absolute Gasteiger partial charge is 0.478 e. The summed E-state index contributed by atoms with van der Waals surface area (Å²) < 4.78 is 0. The monoisotopic (exact) mass is 236 g/mol. The van der Waals surface area contributed by atoms with E-state index >= 15 is 0 Å². The average molecular weight is 236 g/mol. The highest BCUT2D eigenvalue weighted by molar-refractivity contribution is 7.99. The zero-order chi connectivity index (χ0) is 12.1. The van der Waals surface area contributed by atoms with Crippen molar-refractivity contribution in [1.82, 2.24) is 0 Å². The highest BCUT2D eigenvalue weighted by atomic mass is 32.2. The number of nitriles is 1. The van der Waals surface area contributed by atoms with E-state index in [2.05, 4.69) is 6.07 Å². The fraction of sp³-hybridized carbons (Fsp3) is 0.273. The van der Waals surface area contributed by atoms with E-state index in [1.54, 1.807) is 12.1 Å². The van der Waals surface area contributed by atoms with Crippen molar-refractivity contribution in [2.45, 2.75) is 11.8 Å². The molecule has 0 saturated carbocycles. The molecule has 0 heterocycles. The van der Waals surface area contributed by atoms with Gasteiger partial charge in [0.15, 0.2) is 0 Å². The molecule has 1 atom stereocenters. The summed E-state index contributed by atoms with van der Waals surface area (Å²) >= 11 is 1.40. The molecule has 1 unspecified atom stereocenters. The number of aromatic carboxylic acids is 1. The summed E-state index contributed by atoms with van der Waals surface area (Å²) in [5.41, 5.74) is 6.10. The van der Waals surface area contributed by atoms with Crippen molar-refractivity contribution in [3.05, 3.63) is 23.8 Å². The Bertz CT molecular complexity index is 440. The minimum absolute atomic E-state index is 0.0853. The van der Waals surface area contributed by atoms with Crippen LogP contribution in [0.2, 0.25) is 0 Å². The van der Waals surface area contributed by atoms with Gasteiger partial charge in [0.25, 0.3) is 0 Å². The first-order valence-electron chi connectivity index (χ1n) is 4.70. The summed E-state index contributed by atoms with van der Waals surface area (Å²) in [6.07, 6.45) is 0. The highest BCUT2D eigenvalue weighted by Crippen LogP contribution is 2.29. The van der Waals surface area contributed by atoms with E-state index in [-0.39, 0.29) is 17.2 Å². The molecule has 16 heavy (non-hydrogen) atoms. The van der Waals surface area contributed by atoms with Gasteiger partial charge in [0, 0.05) is 10.6 Å². The molecule has 5 heteroatoms. The maximum Gasteiger partial charge on any atom is 0.337 e. The van der Waals surface area contributed by atoms with Crippen molar-refractivity contribution in [2.24, 2.45) is 5.92 Å². The second-order valence-corrected chi connectivity index (χ2v) is 4.43. The van der Waals surface area contributed by atoms with Gasteiger partial charge in [-0.25, -0.2) is 4.79 Å². The molecule has 0 aliphatic carbocycles. The lowest BCUT2D eigenvalue weighted by atomic mass is 10.2. The van der Waals surface area contributed by atoms with E-state index < -0.39 is 5.97 Å². The molecule has 0 spiro atoms. The molecular weight excluding hydrogens is 224 g/mol. The van der Waals surface area contributed by atoms with Crippen LogP contribution in [0.25, 0.3) is 0 Å². The molecule has 0 bridgehead atoms. The third-order valence-corrected chi connectivity index (χ3v) is 3.34. The Balaban J connectivity index is 2.86. The van der Waals surface area contributed by atoms with E-state index in [1.165, 1.54) is 17.8 Å². The Morgan fingerprint density at radius 3 is 2.94 bits per heavy atom. The number of para-hydroxylation sites is 1. The zero-order valence-electron chi connectivity index (χ0n) is 8.80. The number of rotatable bonds is 4. The Hall–Kier alpha value is -1.67. The van der Waals surface area contributed by atoms with Crippen LogP contribution < -0.4 is 5.73 Å². The number of hydrogen-bond donors (Lipinski definition) is 2. The van der Waals surface area contributed by atoms with E-state index in [4.69, 9.17) is 16.1 Å². The van der Waals surface area contributed by atoms with Gasteiger partial charge in [-0.15, -0.1) is 11.8 Å². The van der Waals surface area contributed by atoms with Crippen molar-refractivity contribution >= 4 is 23.4 Å². The second-order valence-electron chi connectivity index (χ2n) is 3.36. The van der Waals surface area contributed by atoms with Gasteiger partial charge in [0.2, 0.25) is 0 Å². The van der Waals surface area contributed by atoms with Gasteiger partial charge in [0.1, 0.15) is 0 Å². The van der Waals surface area contributed by atoms with Crippen LogP contribution in [0.1, 0.15) is 17.3 Å². The van der Waals surface area contributed by atoms with Crippen LogP contribution >= 0.6 is 11.8 Å². The molecule has 4 nitrogen and oxygen atoms in total. The van der Waals surface area contributed by atoms with E-state index in [9.17, 15) is 4.79 Å². The number of benzene rings is 1. The van der Waals surface area contributed by atoms with Crippen LogP contribution in [0.5, 0.6) is 0 Å².